The van der Waals surface area contributed by atoms with E-state index in [4.69, 9.17) is 27.4 Å². The van der Waals surface area contributed by atoms with Crippen LogP contribution in [0.25, 0.3) is 0 Å². The lowest BCUT2D eigenvalue weighted by Crippen LogP contribution is -2.30. The fourth-order valence-electron chi connectivity index (χ4n) is 1.97. The van der Waals surface area contributed by atoms with Crippen LogP contribution in [0.4, 0.5) is 0 Å². The first-order valence-corrected chi connectivity index (χ1v) is 7.61. The summed E-state index contributed by atoms with van der Waals surface area (Å²) in [6, 6.07) is -0.820. The Kier molecular flexibility index (Phi) is 7.94. The van der Waals surface area contributed by atoms with Crippen LogP contribution < -0.4 is 17.2 Å². The molecule has 2 unspecified atom stereocenters. The molecule has 2 atom stereocenters. The third kappa shape index (κ3) is 7.36. The van der Waals surface area contributed by atoms with E-state index in [0.29, 0.717) is 19.4 Å². The Morgan fingerprint density at radius 3 is 2.56 bits per heavy atom. The molecule has 0 saturated heterocycles. The number of allylic oxidation sites excluding steroid dienone is 3. The minimum Gasteiger partial charge on any atom is -0.481 e. The molecule has 9 heteroatoms. The van der Waals surface area contributed by atoms with Gasteiger partial charge in [-0.2, -0.15) is 0 Å². The Morgan fingerprint density at radius 1 is 1.24 bits per heavy atom. The van der Waals surface area contributed by atoms with Gasteiger partial charge in [0.25, 0.3) is 0 Å². The van der Waals surface area contributed by atoms with E-state index in [1.165, 1.54) is 0 Å². The predicted molar refractivity (Wildman–Crippen MR) is 94.0 cm³/mol. The molecule has 0 amide bonds. The minimum absolute atomic E-state index is 0.0129. The SMILES string of the molecule is NC(N)=NCCCC(N)C(=O)O.O=C(O)C1C=CN2C=CC=CC2=C1. The van der Waals surface area contributed by atoms with Crippen LogP contribution in [-0.4, -0.2) is 45.6 Å². The molecule has 9 nitrogen and oxygen atoms in total. The first-order valence-electron chi connectivity index (χ1n) is 7.61. The number of aliphatic carboxylic acids is 2. The number of rotatable bonds is 6. The fourth-order valence-corrected chi connectivity index (χ4v) is 1.97. The van der Waals surface area contributed by atoms with Gasteiger partial charge in [0, 0.05) is 24.6 Å². The second-order valence-corrected chi connectivity index (χ2v) is 5.30. The molecular weight excluding hydrogens is 326 g/mol. The summed E-state index contributed by atoms with van der Waals surface area (Å²) in [6.45, 7) is 0.420. The Labute approximate surface area is 145 Å². The van der Waals surface area contributed by atoms with Gasteiger partial charge in [-0.15, -0.1) is 0 Å². The monoisotopic (exact) mass is 349 g/mol. The Morgan fingerprint density at radius 2 is 1.96 bits per heavy atom. The highest BCUT2D eigenvalue weighted by atomic mass is 16.4. The zero-order valence-electron chi connectivity index (χ0n) is 13.7. The van der Waals surface area contributed by atoms with Gasteiger partial charge in [0.1, 0.15) is 6.04 Å². The first-order chi connectivity index (χ1) is 11.8. The number of fused-ring (bicyclic) bond motifs is 1. The number of nitrogens with two attached hydrogens (primary N) is 3. The summed E-state index contributed by atoms with van der Waals surface area (Å²) in [5.41, 5.74) is 16.2. The topological polar surface area (TPSA) is 168 Å². The Balaban J connectivity index is 0.000000252. The van der Waals surface area contributed by atoms with Gasteiger partial charge >= 0.3 is 11.9 Å². The standard InChI is InChI=1S/C10H9NO2.C6H14N4O2/c12-10(13)8-4-6-11-5-2-1-3-9(11)7-8;7-4(5(11)12)2-1-3-10-6(8)9/h1-8H,(H,12,13);4H,1-3,7H2,(H,11,12)(H4,8,9,10). The summed E-state index contributed by atoms with van der Waals surface area (Å²) < 4.78 is 0. The van der Waals surface area contributed by atoms with E-state index in [9.17, 15) is 9.59 Å². The number of guanidine groups is 1. The summed E-state index contributed by atoms with van der Waals surface area (Å²) in [4.78, 5) is 26.5. The molecule has 0 aromatic carbocycles. The van der Waals surface area contributed by atoms with Gasteiger partial charge in [0.15, 0.2) is 5.96 Å². The van der Waals surface area contributed by atoms with Crippen molar-refractivity contribution in [3.05, 3.63) is 48.5 Å². The zero-order valence-corrected chi connectivity index (χ0v) is 13.7. The van der Waals surface area contributed by atoms with Crippen molar-refractivity contribution in [3.63, 3.8) is 0 Å². The van der Waals surface area contributed by atoms with Crippen molar-refractivity contribution >= 4 is 17.9 Å². The van der Waals surface area contributed by atoms with Crippen LogP contribution in [0.15, 0.2) is 53.5 Å². The number of carboxylic acids is 2. The van der Waals surface area contributed by atoms with Gasteiger partial charge in [-0.1, -0.05) is 6.08 Å². The van der Waals surface area contributed by atoms with E-state index >= 15 is 0 Å². The van der Waals surface area contributed by atoms with Crippen LogP contribution in [0.2, 0.25) is 0 Å². The van der Waals surface area contributed by atoms with Crippen LogP contribution in [0.5, 0.6) is 0 Å². The maximum atomic E-state index is 10.7. The third-order valence-corrected chi connectivity index (χ3v) is 3.30. The van der Waals surface area contributed by atoms with Crippen LogP contribution in [0.3, 0.4) is 0 Å². The molecule has 0 fully saturated rings. The lowest BCUT2D eigenvalue weighted by atomic mass is 10.0. The first kappa shape index (κ1) is 20.0. The van der Waals surface area contributed by atoms with E-state index in [-0.39, 0.29) is 5.96 Å². The van der Waals surface area contributed by atoms with Gasteiger partial charge in [-0.3, -0.25) is 14.6 Å². The van der Waals surface area contributed by atoms with E-state index in [0.717, 1.165) is 5.70 Å². The molecule has 8 N–H and O–H groups in total. The number of carbonyl (C=O) groups is 2. The summed E-state index contributed by atoms with van der Waals surface area (Å²) in [6.07, 6.45) is 13.7. The van der Waals surface area contributed by atoms with Crippen molar-refractivity contribution in [1.29, 1.82) is 0 Å². The molecule has 2 rings (SSSR count). The molecule has 0 saturated carbocycles. The summed E-state index contributed by atoms with van der Waals surface area (Å²) >= 11 is 0. The molecule has 2 aliphatic rings. The van der Waals surface area contributed by atoms with Crippen molar-refractivity contribution in [2.24, 2.45) is 28.1 Å². The maximum Gasteiger partial charge on any atom is 0.320 e. The molecule has 0 bridgehead atoms. The summed E-state index contributed by atoms with van der Waals surface area (Å²) in [7, 11) is 0. The maximum absolute atomic E-state index is 10.7. The van der Waals surface area contributed by atoms with Crippen molar-refractivity contribution in [2.45, 2.75) is 18.9 Å². The number of aliphatic imine (C=N–C) groups is 1. The highest BCUT2D eigenvalue weighted by Crippen LogP contribution is 2.21. The van der Waals surface area contributed by atoms with E-state index in [1.807, 2.05) is 29.3 Å². The normalized spacial score (nSPS) is 18.4. The molecule has 0 spiro atoms. The van der Waals surface area contributed by atoms with Crippen molar-refractivity contribution < 1.29 is 19.8 Å². The van der Waals surface area contributed by atoms with E-state index in [2.05, 4.69) is 4.99 Å². The average Bonchev–Trinajstić information content (AvgIpc) is 2.58. The Hall–Kier alpha value is -3.07. The van der Waals surface area contributed by atoms with E-state index < -0.39 is 23.9 Å². The molecule has 0 aromatic rings. The lowest BCUT2D eigenvalue weighted by Gasteiger charge is -2.24. The number of hydrogen-bond acceptors (Lipinski definition) is 5. The Bertz CT molecular complexity index is 632. The molecular formula is C16H23N5O4. The highest BCUT2D eigenvalue weighted by Gasteiger charge is 2.17. The smallest absolute Gasteiger partial charge is 0.320 e. The van der Waals surface area contributed by atoms with E-state index in [1.54, 1.807) is 18.4 Å². The van der Waals surface area contributed by atoms with Gasteiger partial charge in [-0.25, -0.2) is 0 Å². The van der Waals surface area contributed by atoms with Crippen LogP contribution in [0, 0.1) is 5.92 Å². The zero-order chi connectivity index (χ0) is 18.8. The lowest BCUT2D eigenvalue weighted by molar-refractivity contribution is -0.139. The molecule has 0 aromatic heterocycles. The molecule has 0 aliphatic carbocycles. The van der Waals surface area contributed by atoms with Crippen molar-refractivity contribution in [1.82, 2.24) is 4.90 Å². The van der Waals surface area contributed by atoms with Gasteiger partial charge in [0.2, 0.25) is 0 Å². The fraction of sp³-hybridized carbons (Fsp3) is 0.312. The largest absolute Gasteiger partial charge is 0.481 e. The third-order valence-electron chi connectivity index (χ3n) is 3.30. The van der Waals surface area contributed by atoms with Crippen LogP contribution >= 0.6 is 0 Å². The van der Waals surface area contributed by atoms with Crippen molar-refractivity contribution in [3.8, 4) is 0 Å². The average molecular weight is 349 g/mol. The van der Waals surface area contributed by atoms with Crippen LogP contribution in [0.1, 0.15) is 12.8 Å². The second-order valence-electron chi connectivity index (χ2n) is 5.30. The summed E-state index contributed by atoms with van der Waals surface area (Å²) in [5.74, 6) is -2.30. The quantitative estimate of drug-likeness (QED) is 0.252. The highest BCUT2D eigenvalue weighted by molar-refractivity contribution is 5.76. The van der Waals surface area contributed by atoms with Gasteiger partial charge < -0.3 is 32.3 Å². The van der Waals surface area contributed by atoms with Crippen LogP contribution in [-0.2, 0) is 9.59 Å². The molecule has 2 heterocycles. The molecule has 0 radical (unpaired) electrons. The number of hydrogen-bond donors (Lipinski definition) is 5. The minimum atomic E-state index is -1.00. The molecule has 25 heavy (non-hydrogen) atoms. The second kappa shape index (κ2) is 9.93. The summed E-state index contributed by atoms with van der Waals surface area (Å²) in [5, 5.41) is 17.2. The van der Waals surface area contributed by atoms with Crippen molar-refractivity contribution in [2.75, 3.05) is 6.54 Å². The van der Waals surface area contributed by atoms with Gasteiger partial charge in [0.05, 0.1) is 5.92 Å². The predicted octanol–water partition coefficient (Wildman–Crippen LogP) is -0.0642. The molecule has 2 aliphatic heterocycles. The number of nitrogens with zero attached hydrogens (tertiary/aromatic N) is 2. The number of carboxylic acid groups (broad SMARTS) is 2. The molecule has 136 valence electrons. The van der Waals surface area contributed by atoms with Gasteiger partial charge in [-0.05, 0) is 37.1 Å².